The molecule has 0 bridgehead atoms. The van der Waals surface area contributed by atoms with Gasteiger partial charge in [0.2, 0.25) is 0 Å². The van der Waals surface area contributed by atoms with Gasteiger partial charge in [0.05, 0.1) is 17.9 Å². The van der Waals surface area contributed by atoms with Gasteiger partial charge in [-0.3, -0.25) is 10.4 Å². The molecule has 0 unspecified atom stereocenters. The fraction of sp³-hybridized carbons (Fsp3) is 0.227. The van der Waals surface area contributed by atoms with Crippen molar-refractivity contribution in [1.29, 1.82) is 5.41 Å². The fourth-order valence-corrected chi connectivity index (χ4v) is 4.51. The normalized spacial score (nSPS) is 12.8. The molecule has 1 aromatic heterocycles. The molecule has 0 fully saturated rings. The highest BCUT2D eigenvalue weighted by Crippen LogP contribution is 2.40. The molecule has 33 heavy (non-hydrogen) atoms. The van der Waals surface area contributed by atoms with Crippen molar-refractivity contribution in [2.24, 2.45) is 0 Å². The number of benzene rings is 2. The van der Waals surface area contributed by atoms with Crippen LogP contribution in [0.4, 0.5) is 13.2 Å². The molecule has 0 atom stereocenters. The lowest BCUT2D eigenvalue weighted by Gasteiger charge is -2.23. The summed E-state index contributed by atoms with van der Waals surface area (Å²) in [7, 11) is 1.32. The van der Waals surface area contributed by atoms with Gasteiger partial charge in [-0.05, 0) is 35.4 Å². The lowest BCUT2D eigenvalue weighted by Crippen LogP contribution is -2.46. The van der Waals surface area contributed by atoms with E-state index in [0.29, 0.717) is 40.6 Å². The molecule has 11 heteroatoms. The van der Waals surface area contributed by atoms with E-state index >= 15 is 0 Å². The third kappa shape index (κ3) is 4.83. The number of rotatable bonds is 5. The first kappa shape index (κ1) is 22.7. The van der Waals surface area contributed by atoms with E-state index in [1.807, 2.05) is 6.07 Å². The van der Waals surface area contributed by atoms with Gasteiger partial charge in [-0.15, -0.1) is 11.3 Å². The first-order valence-electron chi connectivity index (χ1n) is 9.87. The fourth-order valence-electron chi connectivity index (χ4n) is 3.50. The molecule has 0 amide bonds. The maximum absolute atomic E-state index is 12.8. The number of hydrogen-bond acceptors (Lipinski definition) is 6. The molecule has 3 N–H and O–H groups in total. The molecule has 3 aromatic rings. The summed E-state index contributed by atoms with van der Waals surface area (Å²) in [6.07, 6.45) is -3.98. The Balaban J connectivity index is 1.69. The molecule has 7 nitrogen and oxygen atoms in total. The average molecular weight is 476 g/mol. The third-order valence-corrected chi connectivity index (χ3v) is 6.17. The Bertz CT molecular complexity index is 1230. The molecule has 0 radical (unpaired) electrons. The average Bonchev–Trinajstić information content (AvgIpc) is 3.12. The summed E-state index contributed by atoms with van der Waals surface area (Å²) < 4.78 is 44.4. The van der Waals surface area contributed by atoms with Crippen molar-refractivity contribution in [3.05, 3.63) is 57.9 Å². The van der Waals surface area contributed by atoms with Gasteiger partial charge in [-0.2, -0.15) is 13.2 Å². The van der Waals surface area contributed by atoms with Gasteiger partial charge in [0.1, 0.15) is 12.3 Å². The van der Waals surface area contributed by atoms with E-state index in [2.05, 4.69) is 10.4 Å². The number of aromatic carboxylic acids is 1. The Morgan fingerprint density at radius 2 is 2.03 bits per heavy atom. The SMILES string of the molecule is CNN(CC(F)(F)F)C(=N)c1nc2c(s1)CCOc1cc(-c3cccc(C(=O)O)c3)ccc1-2. The number of hydrogen-bond donors (Lipinski definition) is 3. The highest BCUT2D eigenvalue weighted by molar-refractivity contribution is 7.14. The largest absolute Gasteiger partial charge is 0.492 e. The van der Waals surface area contributed by atoms with Crippen molar-refractivity contribution in [2.75, 3.05) is 20.2 Å². The molecule has 0 saturated heterocycles. The van der Waals surface area contributed by atoms with Crippen LogP contribution in [0.1, 0.15) is 20.2 Å². The maximum atomic E-state index is 12.8. The number of thiazole rings is 1. The zero-order valence-electron chi connectivity index (χ0n) is 17.4. The summed E-state index contributed by atoms with van der Waals surface area (Å²) in [6, 6.07) is 11.9. The van der Waals surface area contributed by atoms with Gasteiger partial charge in [0.25, 0.3) is 0 Å². The van der Waals surface area contributed by atoms with Crippen molar-refractivity contribution in [2.45, 2.75) is 12.6 Å². The zero-order valence-corrected chi connectivity index (χ0v) is 18.2. The van der Waals surface area contributed by atoms with Gasteiger partial charge in [0, 0.05) is 23.9 Å². The second kappa shape index (κ2) is 8.83. The third-order valence-electron chi connectivity index (χ3n) is 5.04. The highest BCUT2D eigenvalue weighted by Gasteiger charge is 2.33. The van der Waals surface area contributed by atoms with E-state index < -0.39 is 18.7 Å². The summed E-state index contributed by atoms with van der Waals surface area (Å²) in [5, 5.41) is 18.3. The molecule has 1 aliphatic rings. The predicted octanol–water partition coefficient (Wildman–Crippen LogP) is 4.43. The van der Waals surface area contributed by atoms with Crippen LogP contribution >= 0.6 is 11.3 Å². The minimum Gasteiger partial charge on any atom is -0.492 e. The number of alkyl halides is 3. The highest BCUT2D eigenvalue weighted by atomic mass is 32.1. The number of carboxylic acids is 1. The minimum atomic E-state index is -4.47. The molecule has 0 spiro atoms. The Hall–Kier alpha value is -3.44. The topological polar surface area (TPSA) is 98.5 Å². The first-order valence-corrected chi connectivity index (χ1v) is 10.7. The number of nitrogens with one attached hydrogen (secondary N) is 2. The zero-order chi connectivity index (χ0) is 23.8. The van der Waals surface area contributed by atoms with Gasteiger partial charge in [-0.1, -0.05) is 18.2 Å². The Morgan fingerprint density at radius 1 is 1.27 bits per heavy atom. The van der Waals surface area contributed by atoms with Crippen LogP contribution in [0.5, 0.6) is 5.75 Å². The van der Waals surface area contributed by atoms with Crippen molar-refractivity contribution in [1.82, 2.24) is 15.4 Å². The molecule has 2 aromatic carbocycles. The number of ether oxygens (including phenoxy) is 1. The van der Waals surface area contributed by atoms with E-state index in [4.69, 9.17) is 10.1 Å². The van der Waals surface area contributed by atoms with Gasteiger partial charge in [0.15, 0.2) is 10.8 Å². The molecule has 0 saturated carbocycles. The van der Waals surface area contributed by atoms with Crippen molar-refractivity contribution in [3.8, 4) is 28.1 Å². The number of nitrogens with zero attached hydrogens (tertiary/aromatic N) is 2. The summed E-state index contributed by atoms with van der Waals surface area (Å²) >= 11 is 1.17. The maximum Gasteiger partial charge on any atom is 0.407 e. The van der Waals surface area contributed by atoms with E-state index in [9.17, 15) is 23.1 Å². The van der Waals surface area contributed by atoms with Crippen molar-refractivity contribution >= 4 is 23.1 Å². The van der Waals surface area contributed by atoms with Gasteiger partial charge in [-0.25, -0.2) is 15.2 Å². The van der Waals surface area contributed by atoms with Crippen LogP contribution in [-0.4, -0.2) is 53.3 Å². The lowest BCUT2D eigenvalue weighted by atomic mass is 10.00. The van der Waals surface area contributed by atoms with Crippen LogP contribution in [0.25, 0.3) is 22.4 Å². The number of halogens is 3. The predicted molar refractivity (Wildman–Crippen MR) is 118 cm³/mol. The monoisotopic (exact) mass is 476 g/mol. The van der Waals surface area contributed by atoms with E-state index in [-0.39, 0.29) is 16.4 Å². The van der Waals surface area contributed by atoms with Crippen LogP contribution in [0.3, 0.4) is 0 Å². The van der Waals surface area contributed by atoms with E-state index in [1.54, 1.807) is 30.3 Å². The van der Waals surface area contributed by atoms with E-state index in [1.165, 1.54) is 24.5 Å². The molecule has 1 aliphatic heterocycles. The minimum absolute atomic E-state index is 0.168. The van der Waals surface area contributed by atoms with E-state index in [0.717, 1.165) is 10.4 Å². The molecule has 4 rings (SSSR count). The van der Waals surface area contributed by atoms with Gasteiger partial charge < -0.3 is 9.84 Å². The molecule has 2 heterocycles. The number of hydrazine groups is 1. The number of carboxylic acid groups (broad SMARTS) is 1. The van der Waals surface area contributed by atoms with Crippen molar-refractivity contribution < 1.29 is 27.8 Å². The molecule has 0 aliphatic carbocycles. The van der Waals surface area contributed by atoms with Crippen LogP contribution < -0.4 is 10.2 Å². The number of aromatic nitrogens is 1. The second-order valence-electron chi connectivity index (χ2n) is 7.26. The molecular weight excluding hydrogens is 457 g/mol. The van der Waals surface area contributed by atoms with Crippen molar-refractivity contribution in [3.63, 3.8) is 0 Å². The summed E-state index contributed by atoms with van der Waals surface area (Å²) in [4.78, 5) is 16.6. The number of fused-ring (bicyclic) bond motifs is 3. The summed E-state index contributed by atoms with van der Waals surface area (Å²) in [5.41, 5.74) is 5.27. The Kier molecular flexibility index (Phi) is 6.09. The van der Waals surface area contributed by atoms with Crippen LogP contribution in [0.15, 0.2) is 42.5 Å². The Labute approximate surface area is 190 Å². The second-order valence-corrected chi connectivity index (χ2v) is 8.34. The van der Waals surface area contributed by atoms with Crippen LogP contribution in [0, 0.1) is 5.41 Å². The van der Waals surface area contributed by atoms with Crippen LogP contribution in [0.2, 0.25) is 0 Å². The number of carbonyl (C=O) groups is 1. The standard InChI is InChI=1S/C22H19F3N4O3S/c1-27-29(11-22(23,24)25)19(26)20-28-18-15-6-5-13(10-16(15)32-8-7-17(18)33-20)12-3-2-4-14(9-12)21(30)31/h2-6,9-10,26-27H,7-8,11H2,1H3,(H,30,31). The van der Waals surface area contributed by atoms with Gasteiger partial charge >= 0.3 is 12.1 Å². The first-order chi connectivity index (χ1) is 15.7. The molecular formula is C22H19F3N4O3S. The lowest BCUT2D eigenvalue weighted by molar-refractivity contribution is -0.141. The summed E-state index contributed by atoms with van der Waals surface area (Å²) in [6.45, 7) is -0.975. The smallest absolute Gasteiger partial charge is 0.407 e. The van der Waals surface area contributed by atoms with Crippen LogP contribution in [-0.2, 0) is 6.42 Å². The number of amidine groups is 1. The summed E-state index contributed by atoms with van der Waals surface area (Å²) in [5.74, 6) is -0.848. The molecule has 172 valence electrons. The Morgan fingerprint density at radius 3 is 2.73 bits per heavy atom. The quantitative estimate of drug-likeness (QED) is 0.286.